The zero-order chi connectivity index (χ0) is 25.8. The first-order valence-corrected chi connectivity index (χ1v) is 12.5. The van der Waals surface area contributed by atoms with Gasteiger partial charge in [-0.3, -0.25) is 24.1 Å². The number of rotatable bonds is 5. The zero-order valence-corrected chi connectivity index (χ0v) is 20.3. The second kappa shape index (κ2) is 10.7. The number of fused-ring (bicyclic) bond motifs is 1. The largest absolute Gasteiger partial charge is 0.326 e. The van der Waals surface area contributed by atoms with E-state index >= 15 is 0 Å². The van der Waals surface area contributed by atoms with Crippen molar-refractivity contribution in [1.82, 2.24) is 0 Å². The van der Waals surface area contributed by atoms with Crippen molar-refractivity contribution in [2.75, 3.05) is 27.4 Å². The molecular formula is C29H28N4O4. The quantitative estimate of drug-likeness (QED) is 0.459. The molecular weight excluding hydrogens is 468 g/mol. The van der Waals surface area contributed by atoms with Crippen molar-refractivity contribution >= 4 is 46.4 Å². The van der Waals surface area contributed by atoms with Gasteiger partial charge in [-0.1, -0.05) is 37.5 Å². The highest BCUT2D eigenvalue weighted by Gasteiger charge is 2.27. The average molecular weight is 497 g/mol. The molecule has 3 aromatic carbocycles. The lowest BCUT2D eigenvalue weighted by Crippen LogP contribution is -2.42. The SMILES string of the molecule is O=C1CN(C(=O)c2ccc(NC(=O)c3cccc(NC(=O)C4CCCCC4)c3)cc2)c2ccccc2N1. The van der Waals surface area contributed by atoms with E-state index in [0.29, 0.717) is 33.9 Å². The fourth-order valence-corrected chi connectivity index (χ4v) is 4.82. The second-order valence-corrected chi connectivity index (χ2v) is 9.39. The fraction of sp³-hybridized carbons (Fsp3) is 0.241. The summed E-state index contributed by atoms with van der Waals surface area (Å²) in [5.74, 6) is -0.851. The number of para-hydroxylation sites is 2. The van der Waals surface area contributed by atoms with E-state index in [1.807, 2.05) is 6.07 Å². The lowest BCUT2D eigenvalue weighted by molar-refractivity contribution is -0.120. The van der Waals surface area contributed by atoms with Crippen LogP contribution in [0.5, 0.6) is 0 Å². The molecule has 0 radical (unpaired) electrons. The Morgan fingerprint density at radius 3 is 2.32 bits per heavy atom. The summed E-state index contributed by atoms with van der Waals surface area (Å²) < 4.78 is 0. The van der Waals surface area contributed by atoms with Crippen LogP contribution in [0.1, 0.15) is 52.8 Å². The van der Waals surface area contributed by atoms with Gasteiger partial charge >= 0.3 is 0 Å². The molecule has 2 aliphatic rings. The highest BCUT2D eigenvalue weighted by atomic mass is 16.2. The van der Waals surface area contributed by atoms with Gasteiger partial charge < -0.3 is 16.0 Å². The number of hydrogen-bond donors (Lipinski definition) is 3. The number of carbonyl (C=O) groups excluding carboxylic acids is 4. The number of benzene rings is 3. The molecule has 37 heavy (non-hydrogen) atoms. The molecule has 0 atom stereocenters. The lowest BCUT2D eigenvalue weighted by Gasteiger charge is -2.29. The Kier molecular flexibility index (Phi) is 6.98. The van der Waals surface area contributed by atoms with E-state index in [2.05, 4.69) is 16.0 Å². The standard InChI is InChI=1S/C29H28N4O4/c34-26-18-33(25-12-5-4-11-24(25)32-26)29(37)20-13-15-22(16-14-20)30-28(36)21-9-6-10-23(17-21)31-27(35)19-7-2-1-3-8-19/h4-6,9-17,19H,1-3,7-8,18H2,(H,30,36)(H,31,35)(H,32,34). The molecule has 8 heteroatoms. The highest BCUT2D eigenvalue weighted by molar-refractivity contribution is 6.15. The van der Waals surface area contributed by atoms with Gasteiger partial charge in [0, 0.05) is 28.4 Å². The van der Waals surface area contributed by atoms with Crippen LogP contribution in [0.25, 0.3) is 0 Å². The zero-order valence-electron chi connectivity index (χ0n) is 20.3. The van der Waals surface area contributed by atoms with Gasteiger partial charge in [-0.15, -0.1) is 0 Å². The van der Waals surface area contributed by atoms with Crippen LogP contribution in [0.3, 0.4) is 0 Å². The van der Waals surface area contributed by atoms with E-state index < -0.39 is 0 Å². The summed E-state index contributed by atoms with van der Waals surface area (Å²) in [5, 5.41) is 8.54. The van der Waals surface area contributed by atoms with Gasteiger partial charge in [0.05, 0.1) is 11.4 Å². The maximum absolute atomic E-state index is 13.1. The predicted molar refractivity (Wildman–Crippen MR) is 143 cm³/mol. The Hall–Kier alpha value is -4.46. The normalized spacial score (nSPS) is 15.4. The Balaban J connectivity index is 1.24. The predicted octanol–water partition coefficient (Wildman–Crippen LogP) is 5.06. The molecule has 188 valence electrons. The summed E-state index contributed by atoms with van der Waals surface area (Å²) in [4.78, 5) is 52.0. The first-order valence-electron chi connectivity index (χ1n) is 12.5. The Labute approximate surface area is 215 Å². The number of hydrogen-bond acceptors (Lipinski definition) is 4. The van der Waals surface area contributed by atoms with E-state index in [4.69, 9.17) is 0 Å². The maximum atomic E-state index is 13.1. The summed E-state index contributed by atoms with van der Waals surface area (Å²) in [7, 11) is 0. The summed E-state index contributed by atoms with van der Waals surface area (Å²) in [6, 6.07) is 20.5. The number of amides is 4. The lowest BCUT2D eigenvalue weighted by atomic mass is 9.88. The Morgan fingerprint density at radius 1 is 0.784 bits per heavy atom. The third kappa shape index (κ3) is 5.53. The van der Waals surface area contributed by atoms with Gasteiger partial charge in [0.2, 0.25) is 11.8 Å². The van der Waals surface area contributed by atoms with Gasteiger partial charge in [-0.05, 0) is 67.4 Å². The maximum Gasteiger partial charge on any atom is 0.258 e. The summed E-state index contributed by atoms with van der Waals surface area (Å²) in [6.45, 7) is -0.0675. The molecule has 4 amide bonds. The molecule has 1 aliphatic heterocycles. The third-order valence-corrected chi connectivity index (χ3v) is 6.77. The van der Waals surface area contributed by atoms with Gasteiger partial charge in [0.1, 0.15) is 6.54 Å². The first-order chi connectivity index (χ1) is 18.0. The second-order valence-electron chi connectivity index (χ2n) is 9.39. The summed E-state index contributed by atoms with van der Waals surface area (Å²) in [5.41, 5.74) is 3.16. The minimum absolute atomic E-state index is 0.00586. The van der Waals surface area contributed by atoms with Crippen molar-refractivity contribution in [2.45, 2.75) is 32.1 Å². The molecule has 0 spiro atoms. The van der Waals surface area contributed by atoms with Crippen molar-refractivity contribution < 1.29 is 19.2 Å². The van der Waals surface area contributed by atoms with E-state index in [0.717, 1.165) is 25.7 Å². The van der Waals surface area contributed by atoms with Crippen molar-refractivity contribution in [3.05, 3.63) is 83.9 Å². The van der Waals surface area contributed by atoms with Gasteiger partial charge in [0.15, 0.2) is 0 Å². The molecule has 0 saturated heterocycles. The highest BCUT2D eigenvalue weighted by Crippen LogP contribution is 2.30. The minimum Gasteiger partial charge on any atom is -0.326 e. The molecule has 0 aromatic heterocycles. The Bertz CT molecular complexity index is 1350. The molecule has 0 unspecified atom stereocenters. The van der Waals surface area contributed by atoms with Crippen LogP contribution in [-0.2, 0) is 9.59 Å². The third-order valence-electron chi connectivity index (χ3n) is 6.77. The van der Waals surface area contributed by atoms with Crippen LogP contribution >= 0.6 is 0 Å². The van der Waals surface area contributed by atoms with E-state index in [-0.39, 0.29) is 36.1 Å². The van der Waals surface area contributed by atoms with Gasteiger partial charge in [-0.25, -0.2) is 0 Å². The van der Waals surface area contributed by atoms with Crippen molar-refractivity contribution in [3.8, 4) is 0 Å². The summed E-state index contributed by atoms with van der Waals surface area (Å²) >= 11 is 0. The number of nitrogens with zero attached hydrogens (tertiary/aromatic N) is 1. The van der Waals surface area contributed by atoms with E-state index in [1.165, 1.54) is 11.3 Å². The van der Waals surface area contributed by atoms with E-state index in [1.54, 1.807) is 66.7 Å². The number of nitrogens with one attached hydrogen (secondary N) is 3. The van der Waals surface area contributed by atoms with Gasteiger partial charge in [-0.2, -0.15) is 0 Å². The topological polar surface area (TPSA) is 108 Å². The van der Waals surface area contributed by atoms with Crippen molar-refractivity contribution in [3.63, 3.8) is 0 Å². The first kappa shape index (κ1) is 24.2. The number of anilines is 4. The van der Waals surface area contributed by atoms with E-state index in [9.17, 15) is 19.2 Å². The molecule has 3 N–H and O–H groups in total. The molecule has 3 aromatic rings. The number of carbonyl (C=O) groups is 4. The minimum atomic E-state index is -0.325. The fourth-order valence-electron chi connectivity index (χ4n) is 4.82. The van der Waals surface area contributed by atoms with Gasteiger partial charge in [0.25, 0.3) is 11.8 Å². The molecule has 0 bridgehead atoms. The van der Waals surface area contributed by atoms with Crippen LogP contribution in [0.4, 0.5) is 22.7 Å². The smallest absolute Gasteiger partial charge is 0.258 e. The van der Waals surface area contributed by atoms with Crippen LogP contribution < -0.4 is 20.9 Å². The molecule has 1 heterocycles. The molecule has 1 fully saturated rings. The Morgan fingerprint density at radius 2 is 1.54 bits per heavy atom. The molecule has 1 aliphatic carbocycles. The molecule has 5 rings (SSSR count). The van der Waals surface area contributed by atoms with Crippen molar-refractivity contribution in [2.24, 2.45) is 5.92 Å². The van der Waals surface area contributed by atoms with Crippen LogP contribution in [0.2, 0.25) is 0 Å². The van der Waals surface area contributed by atoms with Crippen molar-refractivity contribution in [1.29, 1.82) is 0 Å². The van der Waals surface area contributed by atoms with Crippen LogP contribution in [0.15, 0.2) is 72.8 Å². The molecule has 1 saturated carbocycles. The average Bonchev–Trinajstić information content (AvgIpc) is 2.93. The monoisotopic (exact) mass is 496 g/mol. The summed E-state index contributed by atoms with van der Waals surface area (Å²) in [6.07, 6.45) is 5.14. The van der Waals surface area contributed by atoms with Crippen LogP contribution in [0, 0.1) is 5.92 Å². The van der Waals surface area contributed by atoms with Crippen LogP contribution in [-0.4, -0.2) is 30.2 Å². The molecule has 8 nitrogen and oxygen atoms in total.